The molecule has 1 fully saturated rings. The third kappa shape index (κ3) is 3.15. The molecule has 0 amide bonds. The molecule has 7 nitrogen and oxygen atoms in total. The minimum Gasteiger partial charge on any atom is -0.345 e. The minimum atomic E-state index is 0.374. The lowest BCUT2D eigenvalue weighted by molar-refractivity contribution is 0.233. The van der Waals surface area contributed by atoms with E-state index in [9.17, 15) is 0 Å². The first-order valence-corrected chi connectivity index (χ1v) is 11.1. The summed E-state index contributed by atoms with van der Waals surface area (Å²) in [5.41, 5.74) is 8.09. The molecule has 1 aliphatic heterocycles. The Morgan fingerprint density at radius 1 is 1.17 bits per heavy atom. The molecule has 29 heavy (non-hydrogen) atoms. The van der Waals surface area contributed by atoms with Crippen LogP contribution in [0.3, 0.4) is 0 Å². The maximum absolute atomic E-state index is 5.07. The zero-order valence-electron chi connectivity index (χ0n) is 17.4. The predicted octanol–water partition coefficient (Wildman–Crippen LogP) is 3.48. The van der Waals surface area contributed by atoms with Gasteiger partial charge in [-0.2, -0.15) is 5.10 Å². The summed E-state index contributed by atoms with van der Waals surface area (Å²) >= 11 is 1.79. The molecular weight excluding hydrogens is 382 g/mol. The fourth-order valence-corrected chi connectivity index (χ4v) is 5.31. The van der Waals surface area contributed by atoms with Gasteiger partial charge in [0.25, 0.3) is 0 Å². The molecule has 4 aromatic heterocycles. The average molecular weight is 410 g/mol. The first-order valence-electron chi connectivity index (χ1n) is 10.3. The Hall–Kier alpha value is -2.29. The van der Waals surface area contributed by atoms with Gasteiger partial charge in [0, 0.05) is 43.5 Å². The van der Waals surface area contributed by atoms with Crippen molar-refractivity contribution in [2.75, 3.05) is 26.2 Å². The average Bonchev–Trinajstić information content (AvgIpc) is 3.39. The Bertz CT molecular complexity index is 1180. The molecule has 1 aliphatic rings. The number of nitrogens with zero attached hydrogens (tertiary/aromatic N) is 5. The van der Waals surface area contributed by atoms with Gasteiger partial charge in [0.15, 0.2) is 5.65 Å². The zero-order chi connectivity index (χ0) is 20.1. The number of nitrogens with one attached hydrogen (secondary N) is 2. The van der Waals surface area contributed by atoms with E-state index >= 15 is 0 Å². The smallest absolute Gasteiger partial charge is 0.158 e. The van der Waals surface area contributed by atoms with Gasteiger partial charge in [0.05, 0.1) is 12.2 Å². The van der Waals surface area contributed by atoms with E-state index in [4.69, 9.17) is 4.98 Å². The van der Waals surface area contributed by atoms with Crippen LogP contribution >= 0.6 is 11.3 Å². The normalized spacial score (nSPS) is 15.9. The van der Waals surface area contributed by atoms with Crippen LogP contribution in [0.15, 0.2) is 12.5 Å². The van der Waals surface area contributed by atoms with Crippen molar-refractivity contribution in [1.29, 1.82) is 0 Å². The van der Waals surface area contributed by atoms with Gasteiger partial charge in [-0.25, -0.2) is 14.5 Å². The summed E-state index contributed by atoms with van der Waals surface area (Å²) in [5, 5.41) is 8.98. The Kier molecular flexibility index (Phi) is 4.64. The number of piperazine rings is 1. The first kappa shape index (κ1) is 18.7. The second-order valence-electron chi connectivity index (χ2n) is 8.20. The van der Waals surface area contributed by atoms with Gasteiger partial charge in [-0.3, -0.25) is 4.90 Å². The second-order valence-corrected chi connectivity index (χ2v) is 9.28. The van der Waals surface area contributed by atoms with E-state index in [1.807, 2.05) is 4.52 Å². The van der Waals surface area contributed by atoms with Crippen LogP contribution in [0.25, 0.3) is 27.3 Å². The van der Waals surface area contributed by atoms with E-state index in [1.165, 1.54) is 37.8 Å². The summed E-state index contributed by atoms with van der Waals surface area (Å²) in [7, 11) is 0. The summed E-state index contributed by atoms with van der Waals surface area (Å²) in [5.74, 6) is 0.374. The molecule has 0 radical (unpaired) electrons. The van der Waals surface area contributed by atoms with Crippen molar-refractivity contribution in [2.45, 2.75) is 40.2 Å². The molecule has 152 valence electrons. The molecule has 0 aromatic carbocycles. The van der Waals surface area contributed by atoms with Gasteiger partial charge in [0.1, 0.15) is 21.7 Å². The summed E-state index contributed by atoms with van der Waals surface area (Å²) in [4.78, 5) is 16.8. The van der Waals surface area contributed by atoms with E-state index in [1.54, 1.807) is 17.7 Å². The molecule has 2 N–H and O–H groups in total. The highest BCUT2D eigenvalue weighted by Crippen LogP contribution is 2.39. The standard InChI is InChI=1S/C21H27N7S/c1-12(2)17-18(15-9-28-20(23-11-24-28)14(4)13(15)3)26-21-19(17)25-16(29-21)10-27-7-5-22-6-8-27/h9,11-12,22,26H,5-8,10H2,1-4H3. The molecule has 5 heterocycles. The maximum Gasteiger partial charge on any atom is 0.158 e. The largest absolute Gasteiger partial charge is 0.345 e. The topological polar surface area (TPSA) is 74.1 Å². The molecule has 0 bridgehead atoms. The van der Waals surface area contributed by atoms with Gasteiger partial charge < -0.3 is 10.3 Å². The van der Waals surface area contributed by atoms with Gasteiger partial charge in [-0.15, -0.1) is 0 Å². The number of hydrogen-bond donors (Lipinski definition) is 2. The van der Waals surface area contributed by atoms with Gasteiger partial charge >= 0.3 is 0 Å². The van der Waals surface area contributed by atoms with Crippen LogP contribution in [0.1, 0.15) is 41.5 Å². The number of hydrogen-bond acceptors (Lipinski definition) is 6. The lowest BCUT2D eigenvalue weighted by Crippen LogP contribution is -2.42. The zero-order valence-corrected chi connectivity index (χ0v) is 18.2. The third-order valence-corrected chi connectivity index (χ3v) is 6.93. The monoisotopic (exact) mass is 409 g/mol. The lowest BCUT2D eigenvalue weighted by Gasteiger charge is -2.26. The van der Waals surface area contributed by atoms with Crippen LogP contribution in [0.2, 0.25) is 0 Å². The minimum absolute atomic E-state index is 0.374. The van der Waals surface area contributed by atoms with Crippen molar-refractivity contribution < 1.29 is 0 Å². The number of aromatic nitrogens is 5. The predicted molar refractivity (Wildman–Crippen MR) is 118 cm³/mol. The third-order valence-electron chi connectivity index (χ3n) is 5.98. The fraction of sp³-hybridized carbons (Fsp3) is 0.476. The number of aromatic amines is 1. The summed E-state index contributed by atoms with van der Waals surface area (Å²) in [6, 6.07) is 0. The van der Waals surface area contributed by atoms with Crippen molar-refractivity contribution in [2.24, 2.45) is 0 Å². The van der Waals surface area contributed by atoms with Crippen molar-refractivity contribution in [3.63, 3.8) is 0 Å². The van der Waals surface area contributed by atoms with E-state index in [-0.39, 0.29) is 0 Å². The Labute approximate surface area is 174 Å². The number of H-pyrrole nitrogens is 1. The molecule has 0 atom stereocenters. The fourth-order valence-electron chi connectivity index (χ4n) is 4.29. The van der Waals surface area contributed by atoms with Crippen molar-refractivity contribution in [3.8, 4) is 11.3 Å². The van der Waals surface area contributed by atoms with Crippen LogP contribution in [0, 0.1) is 13.8 Å². The molecule has 5 rings (SSSR count). The van der Waals surface area contributed by atoms with E-state index in [2.05, 4.69) is 59.2 Å². The van der Waals surface area contributed by atoms with E-state index in [0.717, 1.165) is 43.9 Å². The summed E-state index contributed by atoms with van der Waals surface area (Å²) in [6.45, 7) is 14.0. The van der Waals surface area contributed by atoms with Crippen LogP contribution in [-0.2, 0) is 6.54 Å². The summed E-state index contributed by atoms with van der Waals surface area (Å²) in [6.07, 6.45) is 3.71. The van der Waals surface area contributed by atoms with Crippen LogP contribution in [0.5, 0.6) is 0 Å². The second kappa shape index (κ2) is 7.19. The molecule has 0 unspecified atom stereocenters. The highest BCUT2D eigenvalue weighted by Gasteiger charge is 2.23. The van der Waals surface area contributed by atoms with Crippen LogP contribution in [0.4, 0.5) is 0 Å². The van der Waals surface area contributed by atoms with Gasteiger partial charge in [-0.1, -0.05) is 25.2 Å². The van der Waals surface area contributed by atoms with Crippen molar-refractivity contribution >= 4 is 27.3 Å². The number of thiazole rings is 1. The first-order chi connectivity index (χ1) is 14.0. The molecule has 4 aromatic rings. The Balaban J connectivity index is 1.60. The van der Waals surface area contributed by atoms with Gasteiger partial charge in [0.2, 0.25) is 0 Å². The molecule has 0 spiro atoms. The Morgan fingerprint density at radius 3 is 2.72 bits per heavy atom. The van der Waals surface area contributed by atoms with Crippen molar-refractivity contribution in [3.05, 3.63) is 34.2 Å². The SMILES string of the molecule is Cc1c(-c2[nH]c3sc(CN4CCNCC4)nc3c2C(C)C)cn2ncnc2c1C. The highest BCUT2D eigenvalue weighted by atomic mass is 32.1. The molecule has 0 saturated carbocycles. The highest BCUT2D eigenvalue weighted by molar-refractivity contribution is 7.18. The van der Waals surface area contributed by atoms with Gasteiger partial charge in [-0.05, 0) is 30.9 Å². The number of fused-ring (bicyclic) bond motifs is 2. The maximum atomic E-state index is 5.07. The number of pyridine rings is 1. The van der Waals surface area contributed by atoms with Crippen LogP contribution < -0.4 is 5.32 Å². The molecule has 0 aliphatic carbocycles. The van der Waals surface area contributed by atoms with E-state index < -0.39 is 0 Å². The Morgan fingerprint density at radius 2 is 1.97 bits per heavy atom. The van der Waals surface area contributed by atoms with Crippen molar-refractivity contribution in [1.82, 2.24) is 34.8 Å². The quantitative estimate of drug-likeness (QED) is 0.540. The number of aryl methyl sites for hydroxylation is 1. The lowest BCUT2D eigenvalue weighted by atomic mass is 9.96. The summed E-state index contributed by atoms with van der Waals surface area (Å²) < 4.78 is 1.87. The molecular formula is C21H27N7S. The number of rotatable bonds is 4. The van der Waals surface area contributed by atoms with E-state index in [0.29, 0.717) is 5.92 Å². The van der Waals surface area contributed by atoms with Crippen LogP contribution in [-0.4, -0.2) is 55.6 Å². The molecule has 8 heteroatoms. The molecule has 1 saturated heterocycles.